The van der Waals surface area contributed by atoms with Crippen LogP contribution in [0.2, 0.25) is 0 Å². The number of hydrogen-bond acceptors (Lipinski definition) is 4. The van der Waals surface area contributed by atoms with Gasteiger partial charge in [0.25, 0.3) is 0 Å². The summed E-state index contributed by atoms with van der Waals surface area (Å²) in [7, 11) is 0. The number of nitrogens with two attached hydrogens (primary N) is 1. The fraction of sp³-hybridized carbons (Fsp3) is 0.882. The maximum absolute atomic E-state index is 11.3. The van der Waals surface area contributed by atoms with Gasteiger partial charge >= 0.3 is 11.9 Å². The van der Waals surface area contributed by atoms with E-state index in [0.29, 0.717) is 6.42 Å². The Kier molecular flexibility index (Phi) is 13.5. The number of carbonyl (C=O) groups excluding carboxylic acids is 2. The zero-order valence-corrected chi connectivity index (χ0v) is 13.9. The van der Waals surface area contributed by atoms with Crippen molar-refractivity contribution >= 4 is 11.9 Å². The van der Waals surface area contributed by atoms with Gasteiger partial charge in [-0.15, -0.1) is 0 Å². The lowest BCUT2D eigenvalue weighted by atomic mass is 10.1. The summed E-state index contributed by atoms with van der Waals surface area (Å²) in [4.78, 5) is 22.4. The van der Waals surface area contributed by atoms with Crippen molar-refractivity contribution in [2.75, 3.05) is 0 Å². The van der Waals surface area contributed by atoms with Gasteiger partial charge in [0.05, 0.1) is 0 Å². The van der Waals surface area contributed by atoms with Gasteiger partial charge in [0, 0.05) is 6.42 Å². The zero-order chi connectivity index (χ0) is 15.9. The third-order valence-electron chi connectivity index (χ3n) is 3.57. The summed E-state index contributed by atoms with van der Waals surface area (Å²) in [5.41, 5.74) is 5.32. The summed E-state index contributed by atoms with van der Waals surface area (Å²) >= 11 is 0. The number of carbonyl (C=O) groups is 2. The fourth-order valence-electron chi connectivity index (χ4n) is 2.19. The third-order valence-corrected chi connectivity index (χ3v) is 3.57. The molecule has 2 N–H and O–H groups in total. The number of rotatable bonds is 13. The van der Waals surface area contributed by atoms with Crippen LogP contribution in [-0.2, 0) is 14.3 Å². The van der Waals surface area contributed by atoms with E-state index in [1.165, 1.54) is 58.3 Å². The van der Waals surface area contributed by atoms with Crippen LogP contribution in [-0.4, -0.2) is 18.0 Å². The van der Waals surface area contributed by atoms with Crippen LogP contribution in [0.15, 0.2) is 0 Å². The van der Waals surface area contributed by atoms with E-state index in [-0.39, 0.29) is 0 Å². The van der Waals surface area contributed by atoms with Gasteiger partial charge in [-0.1, -0.05) is 71.1 Å². The highest BCUT2D eigenvalue weighted by Crippen LogP contribution is 2.12. The van der Waals surface area contributed by atoms with Crippen molar-refractivity contribution in [3.8, 4) is 0 Å². The Morgan fingerprint density at radius 3 is 1.71 bits per heavy atom. The summed E-state index contributed by atoms with van der Waals surface area (Å²) in [5, 5.41) is 0. The number of esters is 2. The molecule has 4 nitrogen and oxygen atoms in total. The first-order chi connectivity index (χ1) is 10.1. The summed E-state index contributed by atoms with van der Waals surface area (Å²) in [6.07, 6.45) is 13.9. The van der Waals surface area contributed by atoms with Gasteiger partial charge in [0.2, 0.25) is 0 Å². The van der Waals surface area contributed by atoms with E-state index >= 15 is 0 Å². The molecule has 0 aromatic carbocycles. The van der Waals surface area contributed by atoms with Crippen LogP contribution in [0.25, 0.3) is 0 Å². The average molecular weight is 299 g/mol. The Morgan fingerprint density at radius 2 is 1.29 bits per heavy atom. The van der Waals surface area contributed by atoms with Crippen LogP contribution in [0.4, 0.5) is 0 Å². The molecule has 0 heterocycles. The maximum Gasteiger partial charge on any atom is 0.330 e. The number of hydrogen-bond donors (Lipinski definition) is 1. The SMILES string of the molecule is CCCCCCCCCCCCCC(=O)OC(=O)C(C)N. The van der Waals surface area contributed by atoms with Gasteiger partial charge in [-0.25, -0.2) is 4.79 Å². The topological polar surface area (TPSA) is 69.4 Å². The van der Waals surface area contributed by atoms with Gasteiger partial charge in [0.15, 0.2) is 0 Å². The first kappa shape index (κ1) is 20.1. The minimum Gasteiger partial charge on any atom is -0.392 e. The van der Waals surface area contributed by atoms with Crippen molar-refractivity contribution < 1.29 is 14.3 Å². The Labute approximate surface area is 129 Å². The van der Waals surface area contributed by atoms with Gasteiger partial charge in [-0.05, 0) is 13.3 Å². The molecule has 0 aliphatic rings. The molecule has 0 aromatic rings. The van der Waals surface area contributed by atoms with Crippen molar-refractivity contribution in [1.82, 2.24) is 0 Å². The van der Waals surface area contributed by atoms with E-state index in [1.54, 1.807) is 0 Å². The Hall–Kier alpha value is -0.900. The zero-order valence-electron chi connectivity index (χ0n) is 13.9. The molecule has 0 rings (SSSR count). The van der Waals surface area contributed by atoms with Crippen LogP contribution in [0.3, 0.4) is 0 Å². The molecule has 1 unspecified atom stereocenters. The molecule has 0 aliphatic heterocycles. The van der Waals surface area contributed by atoms with Crippen LogP contribution in [0, 0.1) is 0 Å². The Bertz CT molecular complexity index is 277. The van der Waals surface area contributed by atoms with Gasteiger partial charge < -0.3 is 10.5 Å². The minimum absolute atomic E-state index is 0.315. The second-order valence-electron chi connectivity index (χ2n) is 5.87. The lowest BCUT2D eigenvalue weighted by molar-refractivity contribution is -0.160. The van der Waals surface area contributed by atoms with Gasteiger partial charge in [0.1, 0.15) is 6.04 Å². The van der Waals surface area contributed by atoms with Crippen molar-refractivity contribution in [2.45, 2.75) is 96.9 Å². The molecule has 0 aromatic heterocycles. The average Bonchev–Trinajstić information content (AvgIpc) is 2.44. The predicted octanol–water partition coefficient (Wildman–Crippen LogP) is 4.10. The van der Waals surface area contributed by atoms with Crippen molar-refractivity contribution in [3.63, 3.8) is 0 Å². The molecule has 124 valence electrons. The molecule has 0 fully saturated rings. The van der Waals surface area contributed by atoms with E-state index in [4.69, 9.17) is 5.73 Å². The third kappa shape index (κ3) is 13.8. The molecule has 0 amide bonds. The molecule has 21 heavy (non-hydrogen) atoms. The minimum atomic E-state index is -0.730. The molecule has 0 saturated heterocycles. The standard InChI is InChI=1S/C17H33NO3/c1-3-4-5-6-7-8-9-10-11-12-13-14-16(19)21-17(20)15(2)18/h15H,3-14,18H2,1-2H3. The van der Waals surface area contributed by atoms with Crippen LogP contribution >= 0.6 is 0 Å². The van der Waals surface area contributed by atoms with E-state index in [9.17, 15) is 9.59 Å². The highest BCUT2D eigenvalue weighted by Gasteiger charge is 2.13. The predicted molar refractivity (Wildman–Crippen MR) is 85.8 cm³/mol. The highest BCUT2D eigenvalue weighted by atomic mass is 16.6. The molecule has 0 saturated carbocycles. The van der Waals surface area contributed by atoms with E-state index in [2.05, 4.69) is 11.7 Å². The summed E-state index contributed by atoms with van der Waals surface area (Å²) in [6.45, 7) is 3.75. The lowest BCUT2D eigenvalue weighted by Crippen LogP contribution is -2.30. The quantitative estimate of drug-likeness (QED) is 0.316. The molecule has 0 radical (unpaired) electrons. The molecule has 0 aliphatic carbocycles. The van der Waals surface area contributed by atoms with E-state index in [1.807, 2.05) is 0 Å². The Morgan fingerprint density at radius 1 is 0.857 bits per heavy atom. The Balaban J connectivity index is 3.25. The van der Waals surface area contributed by atoms with Gasteiger partial charge in [-0.2, -0.15) is 0 Å². The van der Waals surface area contributed by atoms with E-state index < -0.39 is 18.0 Å². The summed E-state index contributed by atoms with van der Waals surface area (Å²) in [6, 6.07) is -0.730. The number of unbranched alkanes of at least 4 members (excludes halogenated alkanes) is 10. The normalized spacial score (nSPS) is 12.1. The molecule has 0 bridgehead atoms. The van der Waals surface area contributed by atoms with Crippen LogP contribution in [0.5, 0.6) is 0 Å². The molecule has 1 atom stereocenters. The summed E-state index contributed by atoms with van der Waals surface area (Å²) < 4.78 is 4.60. The van der Waals surface area contributed by atoms with Crippen molar-refractivity contribution in [3.05, 3.63) is 0 Å². The maximum atomic E-state index is 11.3. The highest BCUT2D eigenvalue weighted by molar-refractivity contribution is 5.87. The van der Waals surface area contributed by atoms with E-state index in [0.717, 1.165) is 19.3 Å². The largest absolute Gasteiger partial charge is 0.392 e. The summed E-state index contributed by atoms with van der Waals surface area (Å²) in [5.74, 6) is -1.09. The molecule has 4 heteroatoms. The molecule has 0 spiro atoms. The lowest BCUT2D eigenvalue weighted by Gasteiger charge is -2.05. The van der Waals surface area contributed by atoms with Crippen molar-refractivity contribution in [1.29, 1.82) is 0 Å². The van der Waals surface area contributed by atoms with Crippen molar-refractivity contribution in [2.24, 2.45) is 5.73 Å². The first-order valence-corrected chi connectivity index (χ1v) is 8.58. The fourth-order valence-corrected chi connectivity index (χ4v) is 2.19. The second kappa shape index (κ2) is 14.1. The smallest absolute Gasteiger partial charge is 0.330 e. The second-order valence-corrected chi connectivity index (χ2v) is 5.87. The number of ether oxygens (including phenoxy) is 1. The van der Waals surface area contributed by atoms with Gasteiger partial charge in [-0.3, -0.25) is 4.79 Å². The molecular formula is C17H33NO3. The first-order valence-electron chi connectivity index (χ1n) is 8.58. The monoisotopic (exact) mass is 299 g/mol. The molecular weight excluding hydrogens is 266 g/mol. The van der Waals surface area contributed by atoms with Crippen LogP contribution < -0.4 is 5.73 Å². The van der Waals surface area contributed by atoms with Crippen LogP contribution in [0.1, 0.15) is 90.9 Å².